The number of rotatable bonds is 11. The number of aromatic nitrogens is 3. The van der Waals surface area contributed by atoms with Crippen molar-refractivity contribution in [3.05, 3.63) is 6.33 Å². The highest BCUT2D eigenvalue weighted by Crippen LogP contribution is 2.53. The molecule has 2 saturated heterocycles. The highest BCUT2D eigenvalue weighted by molar-refractivity contribution is 5.34. The minimum atomic E-state index is -0.0678. The summed E-state index contributed by atoms with van der Waals surface area (Å²) in [5.74, 6) is 3.51. The summed E-state index contributed by atoms with van der Waals surface area (Å²) < 4.78 is 0. The topological polar surface area (TPSA) is 108 Å². The van der Waals surface area contributed by atoms with Gasteiger partial charge in [-0.05, 0) is 150 Å². The van der Waals surface area contributed by atoms with Crippen LogP contribution in [0.15, 0.2) is 6.33 Å². The first kappa shape index (κ1) is 39.1. The lowest BCUT2D eigenvalue weighted by Crippen LogP contribution is -2.63. The van der Waals surface area contributed by atoms with Crippen LogP contribution in [0.5, 0.6) is 0 Å². The number of nitrogens with zero attached hydrogens (tertiary/aromatic N) is 5. The molecule has 3 heterocycles. The fourth-order valence-corrected chi connectivity index (χ4v) is 11.7. The summed E-state index contributed by atoms with van der Waals surface area (Å²) in [5, 5.41) is 21.2. The van der Waals surface area contributed by atoms with Gasteiger partial charge in [-0.25, -0.2) is 9.97 Å². The van der Waals surface area contributed by atoms with E-state index in [2.05, 4.69) is 86.1 Å². The van der Waals surface area contributed by atoms with E-state index in [1.807, 2.05) is 0 Å². The van der Waals surface area contributed by atoms with Crippen LogP contribution in [0.2, 0.25) is 0 Å². The third-order valence-electron chi connectivity index (χ3n) is 13.4. The summed E-state index contributed by atoms with van der Waals surface area (Å²) in [6.07, 6.45) is 23.0. The Labute approximate surface area is 309 Å². The SMILES string of the molecule is CC1(C)CC(C2CCC(Nc3ncnc(NCCO)n3)C(C3CC(C)(C)N(OC4CCCCC4)C(C)(C)C3)C2)CC(C)(C)N1OC1CCCCC1. The zero-order chi connectivity index (χ0) is 36.4. The smallest absolute Gasteiger partial charge is 0.227 e. The van der Waals surface area contributed by atoms with E-state index in [-0.39, 0.29) is 34.8 Å². The van der Waals surface area contributed by atoms with Crippen molar-refractivity contribution in [3.63, 3.8) is 0 Å². The molecule has 5 aliphatic rings. The maximum absolute atomic E-state index is 9.35. The zero-order valence-electron chi connectivity index (χ0n) is 33.6. The molecule has 0 aromatic carbocycles. The van der Waals surface area contributed by atoms with Crippen molar-refractivity contribution in [1.29, 1.82) is 0 Å². The molecule has 0 amide bonds. The first-order valence-electron chi connectivity index (χ1n) is 20.9. The predicted molar refractivity (Wildman–Crippen MR) is 205 cm³/mol. The molecule has 3 aliphatic carbocycles. The lowest BCUT2D eigenvalue weighted by molar-refractivity contribution is -0.318. The fraction of sp³-hybridized carbons (Fsp3) is 0.927. The van der Waals surface area contributed by atoms with E-state index in [1.54, 1.807) is 6.33 Å². The van der Waals surface area contributed by atoms with Crippen LogP contribution in [0.3, 0.4) is 0 Å². The van der Waals surface area contributed by atoms with E-state index < -0.39 is 0 Å². The van der Waals surface area contributed by atoms with Crippen molar-refractivity contribution in [2.24, 2.45) is 23.7 Å². The van der Waals surface area contributed by atoms with Crippen molar-refractivity contribution in [1.82, 2.24) is 25.1 Å². The molecule has 3 unspecified atom stereocenters. The molecule has 2 aliphatic heterocycles. The van der Waals surface area contributed by atoms with Gasteiger partial charge >= 0.3 is 0 Å². The van der Waals surface area contributed by atoms with Crippen LogP contribution in [-0.2, 0) is 9.68 Å². The second kappa shape index (κ2) is 16.0. The number of aliphatic hydroxyl groups excluding tert-OH is 1. The van der Waals surface area contributed by atoms with Crippen LogP contribution in [0.25, 0.3) is 0 Å². The minimum absolute atomic E-state index is 0.0108. The van der Waals surface area contributed by atoms with E-state index >= 15 is 0 Å². The van der Waals surface area contributed by atoms with Crippen LogP contribution < -0.4 is 10.6 Å². The molecule has 1 aromatic rings. The van der Waals surface area contributed by atoms with Gasteiger partial charge in [-0.2, -0.15) is 15.1 Å². The molecule has 290 valence electrons. The first-order chi connectivity index (χ1) is 24.2. The normalized spacial score (nSPS) is 31.4. The van der Waals surface area contributed by atoms with Crippen LogP contribution in [0.1, 0.15) is 165 Å². The van der Waals surface area contributed by atoms with Gasteiger partial charge in [-0.15, -0.1) is 0 Å². The Balaban J connectivity index is 1.22. The van der Waals surface area contributed by atoms with Crippen molar-refractivity contribution >= 4 is 11.9 Å². The molecule has 3 atom stereocenters. The molecular weight excluding hydrogens is 638 g/mol. The Morgan fingerprint density at radius 2 is 1.14 bits per heavy atom. The third kappa shape index (κ3) is 9.38. The van der Waals surface area contributed by atoms with Gasteiger partial charge in [0.05, 0.1) is 18.8 Å². The van der Waals surface area contributed by atoms with Gasteiger partial charge < -0.3 is 15.7 Å². The maximum Gasteiger partial charge on any atom is 0.227 e. The average molecular weight is 712 g/mol. The number of hydrogen-bond acceptors (Lipinski definition) is 10. The maximum atomic E-state index is 9.35. The largest absolute Gasteiger partial charge is 0.395 e. The third-order valence-corrected chi connectivity index (χ3v) is 13.4. The summed E-state index contributed by atoms with van der Waals surface area (Å²) in [4.78, 5) is 27.4. The van der Waals surface area contributed by atoms with Crippen LogP contribution in [0, 0.1) is 23.7 Å². The van der Waals surface area contributed by atoms with E-state index in [0.29, 0.717) is 54.3 Å². The molecular formula is C41H73N7O3. The van der Waals surface area contributed by atoms with Gasteiger partial charge in [0.15, 0.2) is 0 Å². The van der Waals surface area contributed by atoms with Gasteiger partial charge in [-0.1, -0.05) is 38.5 Å². The first-order valence-corrected chi connectivity index (χ1v) is 20.9. The molecule has 10 nitrogen and oxygen atoms in total. The van der Waals surface area contributed by atoms with Gasteiger partial charge in [0.1, 0.15) is 6.33 Å². The van der Waals surface area contributed by atoms with Crippen LogP contribution in [0.4, 0.5) is 11.9 Å². The molecule has 0 spiro atoms. The highest BCUT2D eigenvalue weighted by Gasteiger charge is 2.54. The second-order valence-electron chi connectivity index (χ2n) is 19.7. The molecule has 51 heavy (non-hydrogen) atoms. The molecule has 0 bridgehead atoms. The number of hydroxylamine groups is 4. The summed E-state index contributed by atoms with van der Waals surface area (Å²) in [7, 11) is 0. The molecule has 6 rings (SSSR count). The Hall–Kier alpha value is -1.59. The predicted octanol–water partition coefficient (Wildman–Crippen LogP) is 8.54. The lowest BCUT2D eigenvalue weighted by atomic mass is 9.59. The molecule has 5 fully saturated rings. The average Bonchev–Trinajstić information content (AvgIpc) is 3.08. The monoisotopic (exact) mass is 712 g/mol. The molecule has 3 saturated carbocycles. The second-order valence-corrected chi connectivity index (χ2v) is 19.7. The van der Waals surface area contributed by atoms with Crippen LogP contribution >= 0.6 is 0 Å². The quantitative estimate of drug-likeness (QED) is 0.207. The molecule has 0 radical (unpaired) electrons. The fourth-order valence-electron chi connectivity index (χ4n) is 11.7. The Bertz CT molecular complexity index is 1230. The number of piperidine rings is 2. The number of nitrogens with one attached hydrogen (secondary N) is 2. The Kier molecular flexibility index (Phi) is 12.3. The van der Waals surface area contributed by atoms with Crippen molar-refractivity contribution < 1.29 is 14.8 Å². The zero-order valence-corrected chi connectivity index (χ0v) is 33.6. The van der Waals surface area contributed by atoms with E-state index in [4.69, 9.17) is 14.7 Å². The standard InChI is InChI=1S/C41H73N7O3/c1-38(2)24-30(25-39(3,4)47(38)50-32-15-11-9-12-16-32)29-19-20-35(45-37-44-28-43-36(46-37)42-21-22-49)34(23-29)31-26-40(5,6)48(41(7,8)27-31)51-33-17-13-10-14-18-33/h28-35,49H,9-27H2,1-8H3,(H2,42,43,44,45,46). The van der Waals surface area contributed by atoms with Gasteiger partial charge in [0.2, 0.25) is 11.9 Å². The molecule has 3 N–H and O–H groups in total. The van der Waals surface area contributed by atoms with Gasteiger partial charge in [0, 0.05) is 34.7 Å². The summed E-state index contributed by atoms with van der Waals surface area (Å²) >= 11 is 0. The number of anilines is 2. The summed E-state index contributed by atoms with van der Waals surface area (Å²) in [6, 6.07) is 0.285. The van der Waals surface area contributed by atoms with E-state index in [0.717, 1.165) is 19.3 Å². The molecule has 10 heteroatoms. The van der Waals surface area contributed by atoms with Crippen molar-refractivity contribution in [2.75, 3.05) is 23.8 Å². The Morgan fingerprint density at radius 3 is 1.65 bits per heavy atom. The Morgan fingerprint density at radius 1 is 0.647 bits per heavy atom. The molecule has 1 aromatic heterocycles. The van der Waals surface area contributed by atoms with Crippen LogP contribution in [-0.4, -0.2) is 83.7 Å². The summed E-state index contributed by atoms with van der Waals surface area (Å²) in [6.45, 7) is 19.9. The van der Waals surface area contributed by atoms with Crippen molar-refractivity contribution in [2.45, 2.75) is 205 Å². The lowest BCUT2D eigenvalue weighted by Gasteiger charge is -2.59. The van der Waals surface area contributed by atoms with Crippen molar-refractivity contribution in [3.8, 4) is 0 Å². The van der Waals surface area contributed by atoms with E-state index in [1.165, 1.54) is 89.9 Å². The highest BCUT2D eigenvalue weighted by atomic mass is 16.7. The van der Waals surface area contributed by atoms with E-state index in [9.17, 15) is 5.11 Å². The summed E-state index contributed by atoms with van der Waals surface area (Å²) in [5.41, 5.74) is -0.157. The van der Waals surface area contributed by atoms with Gasteiger partial charge in [0.25, 0.3) is 0 Å². The number of hydrogen-bond donors (Lipinski definition) is 3. The van der Waals surface area contributed by atoms with Gasteiger partial charge in [-0.3, -0.25) is 9.68 Å². The number of aliphatic hydroxyl groups is 1. The minimum Gasteiger partial charge on any atom is -0.395 e.